The molecule has 94 valence electrons. The quantitative estimate of drug-likeness (QED) is 0.549. The molecule has 0 aliphatic rings. The second-order valence-corrected chi connectivity index (χ2v) is 5.85. The Balaban J connectivity index is 1.84. The first-order valence-electron chi connectivity index (χ1n) is 6.18. The first-order valence-corrected chi connectivity index (χ1v) is 7.54. The molecule has 0 aromatic heterocycles. The van der Waals surface area contributed by atoms with E-state index < -0.39 is 0 Å². The minimum atomic E-state index is 0.791. The zero-order valence-corrected chi connectivity index (χ0v) is 11.9. The highest BCUT2D eigenvalue weighted by molar-refractivity contribution is 7.98. The van der Waals surface area contributed by atoms with E-state index in [4.69, 9.17) is 11.6 Å². The van der Waals surface area contributed by atoms with Crippen LogP contribution in [0.2, 0.25) is 5.02 Å². The lowest BCUT2D eigenvalue weighted by molar-refractivity contribution is 1.40. The average Bonchev–Trinajstić information content (AvgIpc) is 2.47. The van der Waals surface area contributed by atoms with Gasteiger partial charge in [-0.15, -0.1) is 11.8 Å². The Bertz CT molecular complexity index is 684. The van der Waals surface area contributed by atoms with Crippen LogP contribution in [-0.4, -0.2) is 0 Å². The highest BCUT2D eigenvalue weighted by atomic mass is 35.5. The van der Waals surface area contributed by atoms with Crippen molar-refractivity contribution in [3.8, 4) is 0 Å². The van der Waals surface area contributed by atoms with Crippen molar-refractivity contribution in [3.05, 3.63) is 77.3 Å². The summed E-state index contributed by atoms with van der Waals surface area (Å²) in [6, 6.07) is 23.0. The Hall–Kier alpha value is -1.44. The molecule has 3 aromatic carbocycles. The largest absolute Gasteiger partial charge is 0.121 e. The first kappa shape index (κ1) is 12.6. The molecular formula is C17H13ClS. The average molecular weight is 285 g/mol. The fourth-order valence-electron chi connectivity index (χ4n) is 2.06. The van der Waals surface area contributed by atoms with Crippen molar-refractivity contribution < 1.29 is 0 Å². The Morgan fingerprint density at radius 3 is 2.37 bits per heavy atom. The molecule has 0 saturated heterocycles. The van der Waals surface area contributed by atoms with E-state index in [0.717, 1.165) is 10.8 Å². The maximum atomic E-state index is 5.90. The highest BCUT2D eigenvalue weighted by Gasteiger charge is 2.01. The molecule has 0 saturated carbocycles. The fraction of sp³-hybridized carbons (Fsp3) is 0.0588. The van der Waals surface area contributed by atoms with Gasteiger partial charge in [0.15, 0.2) is 0 Å². The van der Waals surface area contributed by atoms with Gasteiger partial charge >= 0.3 is 0 Å². The van der Waals surface area contributed by atoms with Crippen molar-refractivity contribution in [2.45, 2.75) is 10.6 Å². The van der Waals surface area contributed by atoms with Gasteiger partial charge in [0.05, 0.1) is 0 Å². The highest BCUT2D eigenvalue weighted by Crippen LogP contribution is 2.30. The van der Waals surface area contributed by atoms with Crippen LogP contribution in [0.1, 0.15) is 5.56 Å². The number of hydrogen-bond acceptors (Lipinski definition) is 1. The summed E-state index contributed by atoms with van der Waals surface area (Å²) >= 11 is 7.77. The fourth-order valence-corrected chi connectivity index (χ4v) is 3.22. The van der Waals surface area contributed by atoms with Crippen molar-refractivity contribution in [2.75, 3.05) is 0 Å². The summed E-state index contributed by atoms with van der Waals surface area (Å²) in [6.45, 7) is 0. The van der Waals surface area contributed by atoms with Gasteiger partial charge in [-0.2, -0.15) is 0 Å². The molecule has 0 amide bonds. The summed E-state index contributed by atoms with van der Waals surface area (Å²) in [6.07, 6.45) is 0. The molecule has 2 heteroatoms. The van der Waals surface area contributed by atoms with E-state index in [1.165, 1.54) is 21.2 Å². The molecule has 0 atom stereocenters. The van der Waals surface area contributed by atoms with E-state index in [1.54, 1.807) is 0 Å². The van der Waals surface area contributed by atoms with E-state index in [0.29, 0.717) is 0 Å². The monoisotopic (exact) mass is 284 g/mol. The molecule has 3 aromatic rings. The number of hydrogen-bond donors (Lipinski definition) is 0. The molecule has 0 unspecified atom stereocenters. The number of rotatable bonds is 3. The van der Waals surface area contributed by atoms with Crippen molar-refractivity contribution in [1.82, 2.24) is 0 Å². The molecule has 19 heavy (non-hydrogen) atoms. The minimum absolute atomic E-state index is 0.791. The number of benzene rings is 3. The van der Waals surface area contributed by atoms with Crippen LogP contribution in [-0.2, 0) is 5.75 Å². The van der Waals surface area contributed by atoms with Gasteiger partial charge in [-0.05, 0) is 34.5 Å². The molecule has 0 radical (unpaired) electrons. The predicted octanol–water partition coefficient (Wildman–Crippen LogP) is 5.79. The van der Waals surface area contributed by atoms with Gasteiger partial charge in [-0.25, -0.2) is 0 Å². The maximum Gasteiger partial charge on any atom is 0.0406 e. The van der Waals surface area contributed by atoms with Gasteiger partial charge in [0.2, 0.25) is 0 Å². The summed E-state index contributed by atoms with van der Waals surface area (Å²) in [5.74, 6) is 0.963. The molecule has 0 nitrogen and oxygen atoms in total. The minimum Gasteiger partial charge on any atom is -0.121 e. The van der Waals surface area contributed by atoms with E-state index in [-0.39, 0.29) is 0 Å². The molecule has 0 N–H and O–H groups in total. The van der Waals surface area contributed by atoms with Crippen LogP contribution in [0.15, 0.2) is 71.6 Å². The SMILES string of the molecule is Clc1ccc(CSc2cccc3ccccc23)cc1. The number of fused-ring (bicyclic) bond motifs is 1. The lowest BCUT2D eigenvalue weighted by Crippen LogP contribution is -1.81. The molecule has 0 spiro atoms. The third-order valence-electron chi connectivity index (χ3n) is 3.06. The van der Waals surface area contributed by atoms with E-state index in [1.807, 2.05) is 23.9 Å². The normalized spacial score (nSPS) is 10.8. The second kappa shape index (κ2) is 5.68. The second-order valence-electron chi connectivity index (χ2n) is 4.39. The summed E-state index contributed by atoms with van der Waals surface area (Å²) in [4.78, 5) is 1.33. The maximum absolute atomic E-state index is 5.90. The van der Waals surface area contributed by atoms with Crippen LogP contribution in [0, 0.1) is 0 Å². The summed E-state index contributed by atoms with van der Waals surface area (Å²) in [5, 5.41) is 3.41. The molecule has 0 bridgehead atoms. The summed E-state index contributed by atoms with van der Waals surface area (Å²) in [7, 11) is 0. The lowest BCUT2D eigenvalue weighted by atomic mass is 10.1. The van der Waals surface area contributed by atoms with Crippen LogP contribution in [0.5, 0.6) is 0 Å². The first-order chi connectivity index (χ1) is 9.33. The van der Waals surface area contributed by atoms with Gasteiger partial charge in [-0.1, -0.05) is 60.1 Å². The molecule has 0 aliphatic heterocycles. The van der Waals surface area contributed by atoms with E-state index >= 15 is 0 Å². The molecule has 0 heterocycles. The Morgan fingerprint density at radius 2 is 1.53 bits per heavy atom. The van der Waals surface area contributed by atoms with Crippen LogP contribution < -0.4 is 0 Å². The molecule has 0 fully saturated rings. The molecule has 3 rings (SSSR count). The summed E-state index contributed by atoms with van der Waals surface area (Å²) < 4.78 is 0. The topological polar surface area (TPSA) is 0 Å². The molecular weight excluding hydrogens is 272 g/mol. The number of thioether (sulfide) groups is 1. The van der Waals surface area contributed by atoms with Crippen molar-refractivity contribution >= 4 is 34.1 Å². The van der Waals surface area contributed by atoms with Crippen LogP contribution >= 0.6 is 23.4 Å². The zero-order chi connectivity index (χ0) is 13.1. The van der Waals surface area contributed by atoms with Crippen molar-refractivity contribution in [2.24, 2.45) is 0 Å². The number of halogens is 1. The van der Waals surface area contributed by atoms with Crippen molar-refractivity contribution in [1.29, 1.82) is 0 Å². The van der Waals surface area contributed by atoms with Crippen molar-refractivity contribution in [3.63, 3.8) is 0 Å². The smallest absolute Gasteiger partial charge is 0.0406 e. The van der Waals surface area contributed by atoms with Gasteiger partial charge in [0.25, 0.3) is 0 Å². The predicted molar refractivity (Wildman–Crippen MR) is 85.0 cm³/mol. The standard InChI is InChI=1S/C17H13ClS/c18-15-10-8-13(9-11-15)12-19-17-7-3-5-14-4-1-2-6-16(14)17/h1-11H,12H2. The third kappa shape index (κ3) is 2.94. The Labute approximate surface area is 122 Å². The third-order valence-corrected chi connectivity index (χ3v) is 4.45. The van der Waals surface area contributed by atoms with E-state index in [2.05, 4.69) is 54.6 Å². The lowest BCUT2D eigenvalue weighted by Gasteiger charge is -2.06. The van der Waals surface area contributed by atoms with E-state index in [9.17, 15) is 0 Å². The van der Waals surface area contributed by atoms with Gasteiger partial charge in [-0.3, -0.25) is 0 Å². The van der Waals surface area contributed by atoms with Gasteiger partial charge in [0.1, 0.15) is 0 Å². The zero-order valence-electron chi connectivity index (χ0n) is 10.3. The van der Waals surface area contributed by atoms with Crippen LogP contribution in [0.4, 0.5) is 0 Å². The van der Waals surface area contributed by atoms with Gasteiger partial charge in [0, 0.05) is 15.7 Å². The Kier molecular flexibility index (Phi) is 3.77. The van der Waals surface area contributed by atoms with Crippen LogP contribution in [0.25, 0.3) is 10.8 Å². The van der Waals surface area contributed by atoms with Crippen LogP contribution in [0.3, 0.4) is 0 Å². The Morgan fingerprint density at radius 1 is 0.789 bits per heavy atom. The molecule has 0 aliphatic carbocycles. The summed E-state index contributed by atoms with van der Waals surface area (Å²) in [5.41, 5.74) is 1.29. The van der Waals surface area contributed by atoms with Gasteiger partial charge < -0.3 is 0 Å².